The Morgan fingerprint density at radius 1 is 0.962 bits per heavy atom. The van der Waals surface area contributed by atoms with Crippen molar-refractivity contribution in [2.24, 2.45) is 17.3 Å². The van der Waals surface area contributed by atoms with Gasteiger partial charge in [0.25, 0.3) is 0 Å². The zero-order valence-corrected chi connectivity index (χ0v) is 17.5. The van der Waals surface area contributed by atoms with Gasteiger partial charge in [-0.25, -0.2) is 0 Å². The van der Waals surface area contributed by atoms with Crippen LogP contribution in [0.15, 0.2) is 5.57 Å². The van der Waals surface area contributed by atoms with Crippen molar-refractivity contribution >= 4 is 11.9 Å². The summed E-state index contributed by atoms with van der Waals surface area (Å²) < 4.78 is 0. The highest BCUT2D eigenvalue weighted by atomic mass is 16.3. The second-order valence-electron chi connectivity index (χ2n) is 9.10. The molecule has 2 heteroatoms. The van der Waals surface area contributed by atoms with Crippen LogP contribution in [0.5, 0.6) is 0 Å². The monoisotopic (exact) mass is 354 g/mol. The van der Waals surface area contributed by atoms with E-state index >= 15 is 0 Å². The quantitative estimate of drug-likeness (QED) is 0.687. The average Bonchev–Trinajstić information content (AvgIpc) is 2.61. The lowest BCUT2D eigenvalue weighted by atomic mass is 9.54. The largest absolute Gasteiger partial charge is 0.393 e. The predicted molar refractivity (Wildman–Crippen MR) is 108 cm³/mol. The lowest BCUT2D eigenvalue weighted by Crippen LogP contribution is -2.51. The minimum Gasteiger partial charge on any atom is -0.393 e. The van der Waals surface area contributed by atoms with E-state index in [9.17, 15) is 9.90 Å². The Labute approximate surface area is 158 Å². The molecule has 0 aliphatic heterocycles. The molecule has 2 aliphatic rings. The summed E-state index contributed by atoms with van der Waals surface area (Å²) in [5.41, 5.74) is 8.47. The molecule has 3 rings (SSSR count). The number of benzene rings is 1. The van der Waals surface area contributed by atoms with Gasteiger partial charge in [-0.1, -0.05) is 20.3 Å². The molecule has 0 heterocycles. The smallest absolute Gasteiger partial charge is 0.161 e. The van der Waals surface area contributed by atoms with E-state index in [1.54, 1.807) is 0 Å². The average molecular weight is 355 g/mol. The van der Waals surface area contributed by atoms with Crippen molar-refractivity contribution in [3.05, 3.63) is 39.0 Å². The highest BCUT2D eigenvalue weighted by molar-refractivity contribution is 6.02. The maximum atomic E-state index is 13.1. The highest BCUT2D eigenvalue weighted by Gasteiger charge is 2.51. The van der Waals surface area contributed by atoms with E-state index in [2.05, 4.69) is 54.5 Å². The van der Waals surface area contributed by atoms with Gasteiger partial charge in [0.05, 0.1) is 6.10 Å². The Bertz CT molecular complexity index is 757. The van der Waals surface area contributed by atoms with E-state index < -0.39 is 0 Å². The number of hydrogen-bond acceptors (Lipinski definition) is 2. The first-order valence-corrected chi connectivity index (χ1v) is 10.1. The lowest BCUT2D eigenvalue weighted by molar-refractivity contribution is -0.133. The van der Waals surface area contributed by atoms with Gasteiger partial charge in [0, 0.05) is 11.3 Å². The fourth-order valence-corrected chi connectivity index (χ4v) is 5.52. The maximum absolute atomic E-state index is 13.1. The SMILES string of the molecule is Cc1c(C)c(C)c(C=C2C[C@@]3(C)C(CCC[C@@H]3O)C(C)C2=O)c(C)c1C. The van der Waals surface area contributed by atoms with Gasteiger partial charge in [-0.3, -0.25) is 4.79 Å². The molecule has 4 atom stereocenters. The van der Waals surface area contributed by atoms with E-state index in [1.807, 2.05) is 0 Å². The van der Waals surface area contributed by atoms with Gasteiger partial charge >= 0.3 is 0 Å². The molecule has 26 heavy (non-hydrogen) atoms. The van der Waals surface area contributed by atoms with E-state index in [0.29, 0.717) is 12.3 Å². The number of hydrogen-bond donors (Lipinski definition) is 1. The summed E-state index contributed by atoms with van der Waals surface area (Å²) in [6.45, 7) is 15.1. The normalized spacial score (nSPS) is 33.5. The van der Waals surface area contributed by atoms with Crippen molar-refractivity contribution in [2.45, 2.75) is 80.3 Å². The Hall–Kier alpha value is -1.41. The molecule has 1 aromatic carbocycles. The molecular formula is C24H34O2. The van der Waals surface area contributed by atoms with Crippen molar-refractivity contribution < 1.29 is 9.90 Å². The molecule has 0 spiro atoms. The van der Waals surface area contributed by atoms with Crippen LogP contribution in [0.3, 0.4) is 0 Å². The summed E-state index contributed by atoms with van der Waals surface area (Å²) in [7, 11) is 0. The number of carbonyl (C=O) groups is 1. The lowest BCUT2D eigenvalue weighted by Gasteiger charge is -2.51. The van der Waals surface area contributed by atoms with E-state index in [4.69, 9.17) is 0 Å². The first-order valence-electron chi connectivity index (χ1n) is 10.1. The third kappa shape index (κ3) is 2.78. The number of aliphatic hydroxyl groups is 1. The molecule has 0 saturated heterocycles. The maximum Gasteiger partial charge on any atom is 0.161 e. The third-order valence-electron chi connectivity index (χ3n) is 7.88. The molecule has 0 bridgehead atoms. The van der Waals surface area contributed by atoms with E-state index in [-0.39, 0.29) is 23.2 Å². The standard InChI is InChI=1S/C24H34O2/c1-13-14(2)16(4)20(17(5)15(13)3)11-19-12-24(7)21(18(6)23(19)26)9-8-10-22(24)25/h11,18,21-22,25H,8-10,12H2,1-7H3/t18?,21?,22-,24-/m0/s1. The van der Waals surface area contributed by atoms with Gasteiger partial charge in [0.2, 0.25) is 0 Å². The summed E-state index contributed by atoms with van der Waals surface area (Å²) in [5.74, 6) is 0.596. The van der Waals surface area contributed by atoms with Crippen LogP contribution in [-0.4, -0.2) is 17.0 Å². The Morgan fingerprint density at radius 2 is 1.50 bits per heavy atom. The minimum absolute atomic E-state index is 0.00297. The molecule has 0 amide bonds. The van der Waals surface area contributed by atoms with Crippen LogP contribution in [0.1, 0.15) is 72.9 Å². The zero-order valence-electron chi connectivity index (χ0n) is 17.5. The van der Waals surface area contributed by atoms with Gasteiger partial charge < -0.3 is 5.11 Å². The van der Waals surface area contributed by atoms with Crippen LogP contribution in [0.4, 0.5) is 0 Å². The van der Waals surface area contributed by atoms with Crippen LogP contribution in [-0.2, 0) is 4.79 Å². The van der Waals surface area contributed by atoms with Crippen molar-refractivity contribution in [1.29, 1.82) is 0 Å². The summed E-state index contributed by atoms with van der Waals surface area (Å²) >= 11 is 0. The summed E-state index contributed by atoms with van der Waals surface area (Å²) in [6.07, 6.45) is 5.51. The molecule has 0 radical (unpaired) electrons. The Kier molecular flexibility index (Phi) is 4.94. The first-order chi connectivity index (χ1) is 12.1. The second-order valence-corrected chi connectivity index (χ2v) is 9.10. The molecule has 2 unspecified atom stereocenters. The third-order valence-corrected chi connectivity index (χ3v) is 7.88. The second kappa shape index (κ2) is 6.64. The molecule has 142 valence electrons. The zero-order chi connectivity index (χ0) is 19.4. The molecule has 2 saturated carbocycles. The van der Waals surface area contributed by atoms with E-state index in [1.165, 1.54) is 33.4 Å². The van der Waals surface area contributed by atoms with Crippen LogP contribution < -0.4 is 0 Å². The van der Waals surface area contributed by atoms with Crippen LogP contribution >= 0.6 is 0 Å². The van der Waals surface area contributed by atoms with Gasteiger partial charge in [-0.2, -0.15) is 0 Å². The molecule has 2 nitrogen and oxygen atoms in total. The number of aliphatic hydroxyl groups excluding tert-OH is 1. The van der Waals surface area contributed by atoms with Gasteiger partial charge in [-0.05, 0) is 105 Å². The van der Waals surface area contributed by atoms with Crippen molar-refractivity contribution in [3.63, 3.8) is 0 Å². The van der Waals surface area contributed by atoms with Gasteiger partial charge in [0.15, 0.2) is 5.78 Å². The number of allylic oxidation sites excluding steroid dienone is 1. The number of ketones is 1. The van der Waals surface area contributed by atoms with Gasteiger partial charge in [0.1, 0.15) is 0 Å². The van der Waals surface area contributed by atoms with Crippen LogP contribution in [0.2, 0.25) is 0 Å². The molecule has 2 aliphatic carbocycles. The Balaban J connectivity index is 2.11. The molecule has 0 aromatic heterocycles. The number of Topliss-reactive ketones (excluding diaryl/α,β-unsaturated/α-hetero) is 1. The molecule has 1 aromatic rings. The summed E-state index contributed by atoms with van der Waals surface area (Å²) in [5, 5.41) is 10.7. The first kappa shape index (κ1) is 19.4. The van der Waals surface area contributed by atoms with E-state index in [0.717, 1.165) is 24.8 Å². The molecular weight excluding hydrogens is 320 g/mol. The van der Waals surface area contributed by atoms with Crippen LogP contribution in [0, 0.1) is 51.9 Å². The van der Waals surface area contributed by atoms with Gasteiger partial charge in [-0.15, -0.1) is 0 Å². The minimum atomic E-state index is -0.302. The van der Waals surface area contributed by atoms with Crippen molar-refractivity contribution in [1.82, 2.24) is 0 Å². The summed E-state index contributed by atoms with van der Waals surface area (Å²) in [4.78, 5) is 13.1. The van der Waals surface area contributed by atoms with Crippen molar-refractivity contribution in [2.75, 3.05) is 0 Å². The topological polar surface area (TPSA) is 37.3 Å². The molecule has 1 N–H and O–H groups in total. The Morgan fingerprint density at radius 3 is 2.08 bits per heavy atom. The predicted octanol–water partition coefficient (Wildman–Crippen LogP) is 5.39. The van der Waals surface area contributed by atoms with Crippen LogP contribution in [0.25, 0.3) is 6.08 Å². The number of carbonyl (C=O) groups excluding carboxylic acids is 1. The number of fused-ring (bicyclic) bond motifs is 1. The summed E-state index contributed by atoms with van der Waals surface area (Å²) in [6, 6.07) is 0. The number of rotatable bonds is 1. The highest BCUT2D eigenvalue weighted by Crippen LogP contribution is 2.53. The van der Waals surface area contributed by atoms with Crippen molar-refractivity contribution in [3.8, 4) is 0 Å². The molecule has 2 fully saturated rings. The fraction of sp³-hybridized carbons (Fsp3) is 0.625. The fourth-order valence-electron chi connectivity index (χ4n) is 5.52.